The Bertz CT molecular complexity index is 1760. The molecule has 3 heterocycles. The van der Waals surface area contributed by atoms with Crippen molar-refractivity contribution in [3.05, 3.63) is 115 Å². The molecule has 0 atom stereocenters. The number of fused-ring (bicyclic) bond motifs is 7. The molecule has 3 heteroatoms. The maximum atomic E-state index is 4.68. The zero-order valence-electron chi connectivity index (χ0n) is 17.3. The molecule has 3 aromatic heterocycles. The van der Waals surface area contributed by atoms with Crippen LogP contribution in [0.2, 0.25) is 0 Å². The fourth-order valence-corrected chi connectivity index (χ4v) is 5.09. The third-order valence-corrected chi connectivity index (χ3v) is 6.36. The Morgan fingerprint density at radius 2 is 1.16 bits per heavy atom. The Labute approximate surface area is 184 Å². The molecule has 0 aliphatic rings. The second kappa shape index (κ2) is 6.56. The van der Waals surface area contributed by atoms with Crippen molar-refractivity contribution in [1.82, 2.24) is 14.1 Å². The van der Waals surface area contributed by atoms with Crippen LogP contribution >= 0.6 is 0 Å². The first-order valence-electron chi connectivity index (χ1n) is 10.8. The molecule has 0 saturated carbocycles. The van der Waals surface area contributed by atoms with E-state index >= 15 is 0 Å². The zero-order chi connectivity index (χ0) is 21.1. The monoisotopic (exact) mass is 409 g/mol. The zero-order valence-corrected chi connectivity index (χ0v) is 17.3. The molecule has 32 heavy (non-hydrogen) atoms. The second-order valence-electron chi connectivity index (χ2n) is 8.08. The summed E-state index contributed by atoms with van der Waals surface area (Å²) in [6.45, 7) is 0. The molecular formula is C29H19N3. The molecule has 4 aromatic carbocycles. The van der Waals surface area contributed by atoms with Crippen LogP contribution in [0.3, 0.4) is 0 Å². The lowest BCUT2D eigenvalue weighted by Crippen LogP contribution is -1.96. The summed E-state index contributed by atoms with van der Waals surface area (Å²) in [7, 11) is 0. The number of hydrogen-bond donors (Lipinski definition) is 0. The lowest BCUT2D eigenvalue weighted by Gasteiger charge is -2.09. The molecule has 0 amide bonds. The minimum absolute atomic E-state index is 0.931. The van der Waals surface area contributed by atoms with Crippen molar-refractivity contribution in [3.63, 3.8) is 0 Å². The SMILES string of the molecule is c1ccc(-n2c3ccccc3c3ccc4c(c5ccccc5n4-c4ccccn4)c32)cc1. The molecular weight excluding hydrogens is 390 g/mol. The fraction of sp³-hybridized carbons (Fsp3) is 0. The van der Waals surface area contributed by atoms with Crippen LogP contribution in [0.4, 0.5) is 0 Å². The molecule has 150 valence electrons. The molecule has 0 spiro atoms. The van der Waals surface area contributed by atoms with Crippen LogP contribution in [0.5, 0.6) is 0 Å². The summed E-state index contributed by atoms with van der Waals surface area (Å²) < 4.78 is 4.68. The van der Waals surface area contributed by atoms with Gasteiger partial charge in [-0.05, 0) is 42.5 Å². The highest BCUT2D eigenvalue weighted by Crippen LogP contribution is 2.41. The van der Waals surface area contributed by atoms with Gasteiger partial charge in [0.2, 0.25) is 0 Å². The van der Waals surface area contributed by atoms with Crippen molar-refractivity contribution < 1.29 is 0 Å². The highest BCUT2D eigenvalue weighted by atomic mass is 15.1. The Hall–Kier alpha value is -4.37. The third kappa shape index (κ3) is 2.28. The van der Waals surface area contributed by atoms with Crippen LogP contribution < -0.4 is 0 Å². The van der Waals surface area contributed by atoms with Gasteiger partial charge < -0.3 is 4.57 Å². The summed E-state index contributed by atoms with van der Waals surface area (Å²) in [5, 5.41) is 5.02. The molecule has 7 rings (SSSR count). The topological polar surface area (TPSA) is 22.8 Å². The smallest absolute Gasteiger partial charge is 0.137 e. The van der Waals surface area contributed by atoms with Gasteiger partial charge in [0.05, 0.1) is 22.1 Å². The molecule has 0 unspecified atom stereocenters. The number of para-hydroxylation sites is 3. The Morgan fingerprint density at radius 1 is 0.469 bits per heavy atom. The van der Waals surface area contributed by atoms with E-state index in [4.69, 9.17) is 0 Å². The summed E-state index contributed by atoms with van der Waals surface area (Å²) in [6.07, 6.45) is 1.86. The van der Waals surface area contributed by atoms with Gasteiger partial charge in [0.1, 0.15) is 5.82 Å². The van der Waals surface area contributed by atoms with Crippen molar-refractivity contribution >= 4 is 43.6 Å². The van der Waals surface area contributed by atoms with Crippen molar-refractivity contribution in [2.75, 3.05) is 0 Å². The molecule has 0 radical (unpaired) electrons. The predicted octanol–water partition coefficient (Wildman–Crippen LogP) is 7.28. The first-order chi connectivity index (χ1) is 15.9. The van der Waals surface area contributed by atoms with Gasteiger partial charge in [-0.25, -0.2) is 4.98 Å². The Balaban J connectivity index is 1.77. The molecule has 0 aliphatic carbocycles. The average molecular weight is 409 g/mol. The maximum Gasteiger partial charge on any atom is 0.137 e. The standard InChI is InChI=1S/C29H19N3/c1-2-10-20(11-3-1)31-24-14-6-4-12-21(24)22-17-18-26-28(29(22)31)23-13-5-7-15-25(23)32(26)27-16-8-9-19-30-27/h1-19H. The number of nitrogens with zero attached hydrogens (tertiary/aromatic N) is 3. The van der Waals surface area contributed by atoms with Crippen LogP contribution in [0.15, 0.2) is 115 Å². The minimum Gasteiger partial charge on any atom is -0.309 e. The molecule has 0 N–H and O–H groups in total. The van der Waals surface area contributed by atoms with E-state index in [1.165, 1.54) is 43.8 Å². The summed E-state index contributed by atoms with van der Waals surface area (Å²) >= 11 is 0. The number of pyridine rings is 1. The summed E-state index contributed by atoms with van der Waals surface area (Å²) in [5.74, 6) is 0.931. The predicted molar refractivity (Wildman–Crippen MR) is 133 cm³/mol. The lowest BCUT2D eigenvalue weighted by atomic mass is 10.1. The first kappa shape index (κ1) is 17.3. The Morgan fingerprint density at radius 3 is 1.94 bits per heavy atom. The van der Waals surface area contributed by atoms with Crippen molar-refractivity contribution in [2.45, 2.75) is 0 Å². The molecule has 7 aromatic rings. The number of hydrogen-bond acceptors (Lipinski definition) is 1. The number of benzene rings is 4. The maximum absolute atomic E-state index is 4.68. The van der Waals surface area contributed by atoms with Crippen molar-refractivity contribution in [2.24, 2.45) is 0 Å². The van der Waals surface area contributed by atoms with Gasteiger partial charge in [0.15, 0.2) is 0 Å². The van der Waals surface area contributed by atoms with E-state index in [1.54, 1.807) is 0 Å². The van der Waals surface area contributed by atoms with Crippen molar-refractivity contribution in [1.29, 1.82) is 0 Å². The molecule has 0 aliphatic heterocycles. The third-order valence-electron chi connectivity index (χ3n) is 6.36. The van der Waals surface area contributed by atoms with Crippen LogP contribution in [0.1, 0.15) is 0 Å². The van der Waals surface area contributed by atoms with Gasteiger partial charge in [0, 0.05) is 33.4 Å². The number of aromatic nitrogens is 3. The van der Waals surface area contributed by atoms with E-state index < -0.39 is 0 Å². The minimum atomic E-state index is 0.931. The largest absolute Gasteiger partial charge is 0.309 e. The molecule has 0 bridgehead atoms. The van der Waals surface area contributed by atoms with Crippen LogP contribution in [-0.4, -0.2) is 14.1 Å². The van der Waals surface area contributed by atoms with Gasteiger partial charge in [-0.15, -0.1) is 0 Å². The average Bonchev–Trinajstić information content (AvgIpc) is 3.38. The fourth-order valence-electron chi connectivity index (χ4n) is 5.09. The van der Waals surface area contributed by atoms with Gasteiger partial charge in [-0.2, -0.15) is 0 Å². The first-order valence-corrected chi connectivity index (χ1v) is 10.8. The second-order valence-corrected chi connectivity index (χ2v) is 8.08. The van der Waals surface area contributed by atoms with E-state index in [-0.39, 0.29) is 0 Å². The molecule has 0 saturated heterocycles. The van der Waals surface area contributed by atoms with Gasteiger partial charge in [0.25, 0.3) is 0 Å². The summed E-state index contributed by atoms with van der Waals surface area (Å²) in [4.78, 5) is 4.68. The van der Waals surface area contributed by atoms with Crippen molar-refractivity contribution in [3.8, 4) is 11.5 Å². The lowest BCUT2D eigenvalue weighted by molar-refractivity contribution is 1.08. The molecule has 3 nitrogen and oxygen atoms in total. The van der Waals surface area contributed by atoms with E-state index in [1.807, 2.05) is 18.3 Å². The van der Waals surface area contributed by atoms with E-state index in [0.717, 1.165) is 11.3 Å². The van der Waals surface area contributed by atoms with Gasteiger partial charge in [-0.1, -0.05) is 66.7 Å². The van der Waals surface area contributed by atoms with Gasteiger partial charge in [-0.3, -0.25) is 4.57 Å². The van der Waals surface area contributed by atoms with E-state index in [2.05, 4.69) is 111 Å². The summed E-state index contributed by atoms with van der Waals surface area (Å²) in [6, 6.07) is 38.5. The normalized spacial score (nSPS) is 11.8. The van der Waals surface area contributed by atoms with Crippen LogP contribution in [-0.2, 0) is 0 Å². The highest BCUT2D eigenvalue weighted by molar-refractivity contribution is 6.26. The number of rotatable bonds is 2. The highest BCUT2D eigenvalue weighted by Gasteiger charge is 2.20. The van der Waals surface area contributed by atoms with Gasteiger partial charge >= 0.3 is 0 Å². The van der Waals surface area contributed by atoms with Crippen LogP contribution in [0, 0.1) is 0 Å². The molecule has 0 fully saturated rings. The van der Waals surface area contributed by atoms with Crippen LogP contribution in [0.25, 0.3) is 55.1 Å². The quantitative estimate of drug-likeness (QED) is 0.294. The summed E-state index contributed by atoms with van der Waals surface area (Å²) in [5.41, 5.74) is 5.95. The van der Waals surface area contributed by atoms with E-state index in [9.17, 15) is 0 Å². The van der Waals surface area contributed by atoms with E-state index in [0.29, 0.717) is 0 Å². The Kier molecular flexibility index (Phi) is 3.55.